The van der Waals surface area contributed by atoms with Crippen LogP contribution >= 0.6 is 11.3 Å². The quantitative estimate of drug-likeness (QED) is 0.855. The molecule has 132 valence electrons. The molecule has 2 aromatic rings. The van der Waals surface area contributed by atoms with E-state index < -0.39 is 17.9 Å². The molecule has 0 aliphatic carbocycles. The molecule has 25 heavy (non-hydrogen) atoms. The Kier molecular flexibility index (Phi) is 5.15. The van der Waals surface area contributed by atoms with Gasteiger partial charge in [0.25, 0.3) is 5.91 Å². The fourth-order valence-corrected chi connectivity index (χ4v) is 3.86. The summed E-state index contributed by atoms with van der Waals surface area (Å²) in [4.78, 5) is 28.4. The maximum Gasteiger partial charge on any atom is 0.330 e. The number of nitrogens with one attached hydrogen (secondary N) is 1. The SMILES string of the molecule is Cc1cc(C)cc(C(NC(=O)c2csc(C3CCCO3)n2)C(=O)O)c1. The van der Waals surface area contributed by atoms with E-state index in [-0.39, 0.29) is 11.8 Å². The van der Waals surface area contributed by atoms with Gasteiger partial charge in [0.2, 0.25) is 0 Å². The van der Waals surface area contributed by atoms with Crippen LogP contribution in [0.2, 0.25) is 0 Å². The molecule has 2 heterocycles. The van der Waals surface area contributed by atoms with Crippen LogP contribution in [0.4, 0.5) is 0 Å². The number of ether oxygens (including phenoxy) is 1. The van der Waals surface area contributed by atoms with Gasteiger partial charge in [-0.2, -0.15) is 0 Å². The third kappa shape index (κ3) is 4.05. The van der Waals surface area contributed by atoms with Crippen molar-refractivity contribution >= 4 is 23.2 Å². The summed E-state index contributed by atoms with van der Waals surface area (Å²) in [5, 5.41) is 14.5. The number of carboxylic acid groups (broad SMARTS) is 1. The Labute approximate surface area is 149 Å². The molecule has 0 saturated carbocycles. The van der Waals surface area contributed by atoms with Crippen molar-refractivity contribution < 1.29 is 19.4 Å². The second-order valence-electron chi connectivity index (χ2n) is 6.24. The Hall–Kier alpha value is -2.25. The molecule has 1 aromatic heterocycles. The Balaban J connectivity index is 1.78. The van der Waals surface area contributed by atoms with Crippen LogP contribution in [0.15, 0.2) is 23.6 Å². The van der Waals surface area contributed by atoms with Gasteiger partial charge in [-0.1, -0.05) is 29.3 Å². The van der Waals surface area contributed by atoms with Crippen LogP contribution in [0.25, 0.3) is 0 Å². The van der Waals surface area contributed by atoms with Crippen molar-refractivity contribution in [1.82, 2.24) is 10.3 Å². The lowest BCUT2D eigenvalue weighted by molar-refractivity contribution is -0.139. The minimum absolute atomic E-state index is 0.0544. The van der Waals surface area contributed by atoms with Crippen LogP contribution in [0, 0.1) is 13.8 Å². The summed E-state index contributed by atoms with van der Waals surface area (Å²) in [5.74, 6) is -1.60. The number of carboxylic acids is 1. The van der Waals surface area contributed by atoms with Gasteiger partial charge in [-0.3, -0.25) is 4.79 Å². The van der Waals surface area contributed by atoms with Gasteiger partial charge in [0.15, 0.2) is 6.04 Å². The second kappa shape index (κ2) is 7.33. The van der Waals surface area contributed by atoms with Crippen molar-refractivity contribution in [3.8, 4) is 0 Å². The van der Waals surface area contributed by atoms with E-state index in [1.54, 1.807) is 17.5 Å². The first-order valence-corrected chi connectivity index (χ1v) is 9.01. The molecule has 1 aliphatic rings. The average Bonchev–Trinajstić information content (AvgIpc) is 3.21. The lowest BCUT2D eigenvalue weighted by Gasteiger charge is -2.15. The van der Waals surface area contributed by atoms with E-state index in [0.717, 1.165) is 29.0 Å². The number of hydrogen-bond acceptors (Lipinski definition) is 5. The monoisotopic (exact) mass is 360 g/mol. The number of rotatable bonds is 5. The van der Waals surface area contributed by atoms with E-state index in [0.29, 0.717) is 12.2 Å². The maximum absolute atomic E-state index is 12.5. The van der Waals surface area contributed by atoms with E-state index in [1.165, 1.54) is 11.3 Å². The molecule has 2 unspecified atom stereocenters. The Morgan fingerprint density at radius 1 is 1.32 bits per heavy atom. The van der Waals surface area contributed by atoms with Crippen molar-refractivity contribution in [2.45, 2.75) is 38.8 Å². The number of aromatic nitrogens is 1. The van der Waals surface area contributed by atoms with Crippen LogP contribution in [0.5, 0.6) is 0 Å². The van der Waals surface area contributed by atoms with Gasteiger partial charge >= 0.3 is 5.97 Å². The number of hydrogen-bond donors (Lipinski definition) is 2. The highest BCUT2D eigenvalue weighted by molar-refractivity contribution is 7.09. The van der Waals surface area contributed by atoms with Crippen molar-refractivity contribution in [2.24, 2.45) is 0 Å². The highest BCUT2D eigenvalue weighted by atomic mass is 32.1. The third-order valence-corrected chi connectivity index (χ3v) is 5.00. The summed E-state index contributed by atoms with van der Waals surface area (Å²) >= 11 is 1.37. The molecule has 1 saturated heterocycles. The third-order valence-electron chi connectivity index (χ3n) is 4.06. The van der Waals surface area contributed by atoms with E-state index in [9.17, 15) is 14.7 Å². The molecule has 1 aliphatic heterocycles. The highest BCUT2D eigenvalue weighted by Gasteiger charge is 2.26. The largest absolute Gasteiger partial charge is 0.479 e. The number of thiazole rings is 1. The number of amides is 1. The zero-order valence-electron chi connectivity index (χ0n) is 14.1. The van der Waals surface area contributed by atoms with Crippen LogP contribution in [0.3, 0.4) is 0 Å². The summed E-state index contributed by atoms with van der Waals surface area (Å²) in [6.45, 7) is 4.50. The van der Waals surface area contributed by atoms with E-state index >= 15 is 0 Å². The number of benzene rings is 1. The topological polar surface area (TPSA) is 88.5 Å². The molecule has 2 N–H and O–H groups in total. The van der Waals surface area contributed by atoms with Crippen molar-refractivity contribution in [2.75, 3.05) is 6.61 Å². The molecule has 1 fully saturated rings. The van der Waals surface area contributed by atoms with E-state index in [2.05, 4.69) is 10.3 Å². The molecule has 7 heteroatoms. The standard InChI is InChI=1S/C18H20N2O4S/c1-10-6-11(2)8-12(7-10)15(18(22)23)20-16(21)13-9-25-17(19-13)14-4-3-5-24-14/h6-9,14-15H,3-5H2,1-2H3,(H,20,21)(H,22,23). The molecule has 1 amide bonds. The van der Waals surface area contributed by atoms with Crippen LogP contribution in [-0.4, -0.2) is 28.6 Å². The number of aliphatic carboxylic acids is 1. The number of nitrogens with zero attached hydrogens (tertiary/aromatic N) is 1. The second-order valence-corrected chi connectivity index (χ2v) is 7.13. The first-order chi connectivity index (χ1) is 11.9. The molecule has 3 rings (SSSR count). The summed E-state index contributed by atoms with van der Waals surface area (Å²) in [6.07, 6.45) is 1.83. The van der Waals surface area contributed by atoms with Gasteiger partial charge < -0.3 is 15.2 Å². The Morgan fingerprint density at radius 2 is 2.04 bits per heavy atom. The van der Waals surface area contributed by atoms with Crippen molar-refractivity contribution in [3.63, 3.8) is 0 Å². The van der Waals surface area contributed by atoms with Crippen molar-refractivity contribution in [3.05, 3.63) is 51.0 Å². The van der Waals surface area contributed by atoms with Crippen LogP contribution in [0.1, 0.15) is 57.2 Å². The summed E-state index contributed by atoms with van der Waals surface area (Å²) in [6, 6.07) is 4.38. The van der Waals surface area contributed by atoms with Gasteiger partial charge in [-0.05, 0) is 32.3 Å². The highest BCUT2D eigenvalue weighted by Crippen LogP contribution is 2.30. The fraction of sp³-hybridized carbons (Fsp3) is 0.389. The average molecular weight is 360 g/mol. The van der Waals surface area contributed by atoms with Gasteiger partial charge in [-0.25, -0.2) is 9.78 Å². The normalized spacial score (nSPS) is 18.1. The molecule has 1 aromatic carbocycles. The lowest BCUT2D eigenvalue weighted by Crippen LogP contribution is -2.34. The molecule has 0 radical (unpaired) electrons. The first-order valence-electron chi connectivity index (χ1n) is 8.13. The van der Waals surface area contributed by atoms with E-state index in [4.69, 9.17) is 4.74 Å². The predicted molar refractivity (Wildman–Crippen MR) is 93.8 cm³/mol. The first kappa shape index (κ1) is 17.6. The smallest absolute Gasteiger partial charge is 0.330 e. The summed E-state index contributed by atoms with van der Waals surface area (Å²) < 4.78 is 5.57. The lowest BCUT2D eigenvalue weighted by atomic mass is 10.0. The van der Waals surface area contributed by atoms with Gasteiger partial charge in [0.05, 0.1) is 0 Å². The van der Waals surface area contributed by atoms with Crippen molar-refractivity contribution in [1.29, 1.82) is 0 Å². The number of carbonyl (C=O) groups is 2. The molecule has 2 atom stereocenters. The fourth-order valence-electron chi connectivity index (χ4n) is 2.98. The summed E-state index contributed by atoms with van der Waals surface area (Å²) in [5.41, 5.74) is 2.67. The molecule has 0 spiro atoms. The predicted octanol–water partition coefficient (Wildman–Crippen LogP) is 3.17. The maximum atomic E-state index is 12.5. The molecule has 0 bridgehead atoms. The minimum atomic E-state index is -1.11. The van der Waals surface area contributed by atoms with E-state index in [1.807, 2.05) is 19.9 Å². The number of carbonyl (C=O) groups excluding carboxylic acids is 1. The zero-order valence-corrected chi connectivity index (χ0v) is 14.9. The Bertz CT molecular complexity index is 776. The minimum Gasteiger partial charge on any atom is -0.479 e. The van der Waals surface area contributed by atoms with Gasteiger partial charge in [0, 0.05) is 12.0 Å². The van der Waals surface area contributed by atoms with Crippen LogP contribution < -0.4 is 5.32 Å². The summed E-state index contributed by atoms with van der Waals surface area (Å²) in [7, 11) is 0. The van der Waals surface area contributed by atoms with Crippen LogP contribution in [-0.2, 0) is 9.53 Å². The molecule has 6 nitrogen and oxygen atoms in total. The van der Waals surface area contributed by atoms with Gasteiger partial charge in [-0.15, -0.1) is 11.3 Å². The molecular formula is C18H20N2O4S. The molecular weight excluding hydrogens is 340 g/mol. The Morgan fingerprint density at radius 3 is 2.64 bits per heavy atom. The van der Waals surface area contributed by atoms with Gasteiger partial charge in [0.1, 0.15) is 16.8 Å². The zero-order chi connectivity index (χ0) is 18.0. The number of aryl methyl sites for hydroxylation is 2.